The molecule has 1 N–H and O–H groups in total. The smallest absolute Gasteiger partial charge is 0.187 e. The third kappa shape index (κ3) is 4.10. The van der Waals surface area contributed by atoms with Crippen LogP contribution in [0.5, 0.6) is 5.75 Å². The van der Waals surface area contributed by atoms with E-state index in [2.05, 4.69) is 5.32 Å². The first-order valence-electron chi connectivity index (χ1n) is 9.97. The van der Waals surface area contributed by atoms with E-state index in [1.165, 1.54) is 23.5 Å². The summed E-state index contributed by atoms with van der Waals surface area (Å²) < 4.78 is 20.4. The van der Waals surface area contributed by atoms with Crippen molar-refractivity contribution in [2.75, 3.05) is 12.4 Å². The Kier molecular flexibility index (Phi) is 5.39. The molecule has 7 heteroatoms. The number of thiazole rings is 1. The zero-order valence-corrected chi connectivity index (χ0v) is 18.0. The van der Waals surface area contributed by atoms with Crippen LogP contribution in [0.15, 0.2) is 90.4 Å². The molecular weight excluding hydrogens is 423 g/mol. The van der Waals surface area contributed by atoms with Crippen LogP contribution in [0.25, 0.3) is 28.2 Å². The van der Waals surface area contributed by atoms with Crippen LogP contribution in [0.4, 0.5) is 15.2 Å². The molecule has 158 valence electrons. The van der Waals surface area contributed by atoms with E-state index in [1.807, 2.05) is 66.2 Å². The average molecular weight is 443 g/mol. The number of nitrogens with one attached hydrogen (secondary N) is 1. The molecule has 0 aliphatic heterocycles. The zero-order chi connectivity index (χ0) is 21.9. The van der Waals surface area contributed by atoms with Crippen molar-refractivity contribution in [2.24, 2.45) is 0 Å². The highest BCUT2D eigenvalue weighted by Gasteiger charge is 2.17. The van der Waals surface area contributed by atoms with Crippen LogP contribution in [-0.2, 0) is 0 Å². The Morgan fingerprint density at radius 1 is 0.938 bits per heavy atom. The Morgan fingerprint density at radius 2 is 1.69 bits per heavy atom. The maximum atomic E-state index is 13.4. The predicted octanol–water partition coefficient (Wildman–Crippen LogP) is 6.55. The lowest BCUT2D eigenvalue weighted by molar-refractivity contribution is 0.415. The molecule has 0 radical (unpaired) electrons. The minimum atomic E-state index is -0.279. The summed E-state index contributed by atoms with van der Waals surface area (Å²) >= 11 is 1.52. The van der Waals surface area contributed by atoms with Gasteiger partial charge in [0, 0.05) is 28.4 Å². The van der Waals surface area contributed by atoms with Gasteiger partial charge in [-0.25, -0.2) is 14.1 Å². The van der Waals surface area contributed by atoms with E-state index in [-0.39, 0.29) is 5.82 Å². The van der Waals surface area contributed by atoms with Crippen molar-refractivity contribution in [3.8, 4) is 34.0 Å². The first-order valence-corrected chi connectivity index (χ1v) is 10.9. The lowest BCUT2D eigenvalue weighted by Gasteiger charge is -2.04. The monoisotopic (exact) mass is 442 g/mol. The Labute approximate surface area is 188 Å². The number of benzene rings is 3. The van der Waals surface area contributed by atoms with Crippen molar-refractivity contribution in [3.05, 3.63) is 96.3 Å². The number of nitrogens with zero attached hydrogens (tertiary/aromatic N) is 3. The van der Waals surface area contributed by atoms with Crippen molar-refractivity contribution < 1.29 is 9.13 Å². The van der Waals surface area contributed by atoms with Gasteiger partial charge in [0.2, 0.25) is 0 Å². The van der Waals surface area contributed by atoms with E-state index in [4.69, 9.17) is 14.8 Å². The minimum absolute atomic E-state index is 0.279. The summed E-state index contributed by atoms with van der Waals surface area (Å²) in [5.74, 6) is 0.522. The van der Waals surface area contributed by atoms with Crippen LogP contribution in [0.1, 0.15) is 0 Å². The molecule has 0 amide bonds. The molecule has 0 atom stereocenters. The number of anilines is 2. The number of hydrogen-bond acceptors (Lipinski definition) is 5. The van der Waals surface area contributed by atoms with Crippen LogP contribution >= 0.6 is 11.3 Å². The number of methoxy groups -OCH3 is 1. The summed E-state index contributed by atoms with van der Waals surface area (Å²) in [5.41, 5.74) is 5.23. The van der Waals surface area contributed by atoms with Gasteiger partial charge in [-0.1, -0.05) is 30.3 Å². The molecule has 2 heterocycles. The van der Waals surface area contributed by atoms with Crippen LogP contribution in [0.2, 0.25) is 0 Å². The van der Waals surface area contributed by atoms with Gasteiger partial charge in [0.25, 0.3) is 0 Å². The lowest BCUT2D eigenvalue weighted by Crippen LogP contribution is -1.94. The summed E-state index contributed by atoms with van der Waals surface area (Å²) in [6.45, 7) is 0. The minimum Gasteiger partial charge on any atom is -0.497 e. The number of halogens is 1. The predicted molar refractivity (Wildman–Crippen MR) is 126 cm³/mol. The van der Waals surface area contributed by atoms with Crippen molar-refractivity contribution in [3.63, 3.8) is 0 Å². The molecule has 2 aromatic heterocycles. The van der Waals surface area contributed by atoms with E-state index < -0.39 is 0 Å². The van der Waals surface area contributed by atoms with Crippen LogP contribution in [0, 0.1) is 5.82 Å². The van der Waals surface area contributed by atoms with Gasteiger partial charge < -0.3 is 10.1 Å². The summed E-state index contributed by atoms with van der Waals surface area (Å²) in [6.07, 6.45) is 1.93. The fourth-order valence-electron chi connectivity index (χ4n) is 3.35. The highest BCUT2D eigenvalue weighted by Crippen LogP contribution is 2.34. The summed E-state index contributed by atoms with van der Waals surface area (Å²) in [7, 11) is 1.64. The molecule has 5 nitrogen and oxygen atoms in total. The van der Waals surface area contributed by atoms with Crippen molar-refractivity contribution in [1.29, 1.82) is 0 Å². The highest BCUT2D eigenvalue weighted by molar-refractivity contribution is 7.14. The fourth-order valence-corrected chi connectivity index (χ4v) is 4.08. The Balaban J connectivity index is 1.51. The largest absolute Gasteiger partial charge is 0.497 e. The Morgan fingerprint density at radius 3 is 2.41 bits per heavy atom. The van der Waals surface area contributed by atoms with Crippen LogP contribution in [-0.4, -0.2) is 21.9 Å². The molecule has 32 heavy (non-hydrogen) atoms. The van der Waals surface area contributed by atoms with Gasteiger partial charge in [-0.05, 0) is 48.5 Å². The van der Waals surface area contributed by atoms with E-state index in [0.717, 1.165) is 44.8 Å². The fraction of sp³-hybridized carbons (Fsp3) is 0.0400. The van der Waals surface area contributed by atoms with Gasteiger partial charge in [0.1, 0.15) is 17.3 Å². The highest BCUT2D eigenvalue weighted by atomic mass is 32.1. The van der Waals surface area contributed by atoms with Crippen LogP contribution < -0.4 is 10.1 Å². The average Bonchev–Trinajstić information content (AvgIpc) is 3.48. The molecule has 3 aromatic carbocycles. The summed E-state index contributed by atoms with van der Waals surface area (Å²) in [5, 5.41) is 10.9. The van der Waals surface area contributed by atoms with E-state index in [0.29, 0.717) is 0 Å². The molecule has 0 unspecified atom stereocenters. The first kappa shape index (κ1) is 20.0. The Bertz CT molecular complexity index is 1330. The summed E-state index contributed by atoms with van der Waals surface area (Å²) in [6, 6.07) is 23.9. The summed E-state index contributed by atoms with van der Waals surface area (Å²) in [4.78, 5) is 4.79. The van der Waals surface area contributed by atoms with E-state index in [9.17, 15) is 4.39 Å². The second-order valence-corrected chi connectivity index (χ2v) is 7.93. The topological polar surface area (TPSA) is 52.0 Å². The normalized spacial score (nSPS) is 10.8. The maximum absolute atomic E-state index is 13.4. The standard InChI is InChI=1S/C25H19FN4OS/c1-31-21-13-9-19(10-14-21)27-25-28-23(16-32-25)22-15-30(20-11-7-18(26)8-12-20)29-24(22)17-5-3-2-4-6-17/h2-16H,1H3,(H,27,28). The molecule has 0 bridgehead atoms. The van der Waals surface area contributed by atoms with Crippen molar-refractivity contribution >= 4 is 22.2 Å². The van der Waals surface area contributed by atoms with Crippen molar-refractivity contribution in [1.82, 2.24) is 14.8 Å². The van der Waals surface area contributed by atoms with Crippen molar-refractivity contribution in [2.45, 2.75) is 0 Å². The number of hydrogen-bond donors (Lipinski definition) is 1. The van der Waals surface area contributed by atoms with Gasteiger partial charge in [-0.2, -0.15) is 5.10 Å². The van der Waals surface area contributed by atoms with Gasteiger partial charge in [0.15, 0.2) is 5.13 Å². The third-order valence-electron chi connectivity index (χ3n) is 4.97. The molecule has 0 saturated carbocycles. The molecule has 0 spiro atoms. The zero-order valence-electron chi connectivity index (χ0n) is 17.2. The quantitative estimate of drug-likeness (QED) is 0.324. The molecule has 5 aromatic rings. The molecule has 0 aliphatic carbocycles. The van der Waals surface area contributed by atoms with Gasteiger partial charge in [-0.15, -0.1) is 11.3 Å². The van der Waals surface area contributed by atoms with Gasteiger partial charge >= 0.3 is 0 Å². The molecule has 0 fully saturated rings. The van der Waals surface area contributed by atoms with E-state index >= 15 is 0 Å². The third-order valence-corrected chi connectivity index (χ3v) is 5.73. The second-order valence-electron chi connectivity index (χ2n) is 7.07. The van der Waals surface area contributed by atoms with Gasteiger partial charge in [0.05, 0.1) is 18.5 Å². The molecule has 0 saturated heterocycles. The molecule has 0 aliphatic rings. The van der Waals surface area contributed by atoms with Crippen LogP contribution in [0.3, 0.4) is 0 Å². The second kappa shape index (κ2) is 8.64. The SMILES string of the molecule is COc1ccc(Nc2nc(-c3cn(-c4ccc(F)cc4)nc3-c3ccccc3)cs2)cc1. The number of rotatable bonds is 6. The number of aromatic nitrogens is 3. The Hall–Kier alpha value is -3.97. The molecule has 5 rings (SSSR count). The van der Waals surface area contributed by atoms with E-state index in [1.54, 1.807) is 23.9 Å². The lowest BCUT2D eigenvalue weighted by atomic mass is 10.1. The van der Waals surface area contributed by atoms with Gasteiger partial charge in [-0.3, -0.25) is 0 Å². The molecular formula is C25H19FN4OS. The first-order chi connectivity index (χ1) is 15.7. The number of ether oxygens (including phenoxy) is 1. The maximum Gasteiger partial charge on any atom is 0.187 e.